The van der Waals surface area contributed by atoms with Crippen molar-refractivity contribution in [2.24, 2.45) is 0 Å². The number of benzene rings is 1. The van der Waals surface area contributed by atoms with Gasteiger partial charge in [0.05, 0.1) is 0 Å². The molecule has 1 aromatic heterocycles. The number of unbranched alkanes of at least 4 members (excludes halogenated alkanes) is 9. The molecule has 0 fully saturated rings. The van der Waals surface area contributed by atoms with E-state index in [0.29, 0.717) is 5.28 Å². The Bertz CT molecular complexity index is 609. The molecule has 0 unspecified atom stereocenters. The zero-order chi connectivity index (χ0) is 17.2. The summed E-state index contributed by atoms with van der Waals surface area (Å²) in [6.45, 7) is 2.17. The Morgan fingerprint density at radius 3 is 2.21 bits per heavy atom. The minimum atomic E-state index is -0.0967. The third-order valence-corrected chi connectivity index (χ3v) is 5.12. The number of aromatic amines is 1. The molecule has 2 N–H and O–H groups in total. The lowest BCUT2D eigenvalue weighted by molar-refractivity contribution is -0.703. The third kappa shape index (κ3) is 5.49. The zero-order valence-electron chi connectivity index (χ0n) is 15.0. The standard InChI is InChI=1S/C20H31ClN2O/c1-2-3-4-5-6-7-8-9-10-11-13-17-14-12-15-18-19(17)22-20(21)23(18)16-24/h12,14-15,24H,2-11,13,16H2,1H3/p+1. The number of aliphatic hydroxyl groups is 1. The molecule has 1 heterocycles. The van der Waals surface area contributed by atoms with Crippen molar-refractivity contribution >= 4 is 22.6 Å². The second-order valence-electron chi connectivity index (χ2n) is 6.73. The number of hydrogen-bond donors (Lipinski definition) is 2. The van der Waals surface area contributed by atoms with E-state index in [1.165, 1.54) is 69.8 Å². The highest BCUT2D eigenvalue weighted by Gasteiger charge is 2.17. The Labute approximate surface area is 151 Å². The van der Waals surface area contributed by atoms with Gasteiger partial charge in [0, 0.05) is 17.2 Å². The molecule has 134 valence electrons. The van der Waals surface area contributed by atoms with E-state index >= 15 is 0 Å². The summed E-state index contributed by atoms with van der Waals surface area (Å²) < 4.78 is 1.69. The summed E-state index contributed by atoms with van der Waals surface area (Å²) in [4.78, 5) is 3.20. The van der Waals surface area contributed by atoms with Crippen molar-refractivity contribution in [2.75, 3.05) is 0 Å². The van der Waals surface area contributed by atoms with Crippen LogP contribution in [0.25, 0.3) is 11.0 Å². The molecule has 24 heavy (non-hydrogen) atoms. The fourth-order valence-electron chi connectivity index (χ4n) is 3.38. The first-order valence-corrected chi connectivity index (χ1v) is 9.95. The van der Waals surface area contributed by atoms with E-state index in [4.69, 9.17) is 11.6 Å². The zero-order valence-corrected chi connectivity index (χ0v) is 15.7. The van der Waals surface area contributed by atoms with Gasteiger partial charge in [-0.1, -0.05) is 76.8 Å². The number of rotatable bonds is 12. The number of nitrogens with one attached hydrogen (secondary N) is 1. The van der Waals surface area contributed by atoms with Crippen LogP contribution in [0.1, 0.15) is 76.7 Å². The lowest BCUT2D eigenvalue weighted by atomic mass is 10.0. The summed E-state index contributed by atoms with van der Waals surface area (Å²) in [6, 6.07) is 6.20. The first-order chi connectivity index (χ1) is 11.8. The van der Waals surface area contributed by atoms with Crippen molar-refractivity contribution in [3.05, 3.63) is 29.0 Å². The van der Waals surface area contributed by atoms with Crippen LogP contribution in [0.4, 0.5) is 0 Å². The van der Waals surface area contributed by atoms with E-state index in [1.54, 1.807) is 4.57 Å². The van der Waals surface area contributed by atoms with Crippen LogP contribution in [0.3, 0.4) is 0 Å². The van der Waals surface area contributed by atoms with E-state index in [1.807, 2.05) is 12.1 Å². The van der Waals surface area contributed by atoms with Crippen molar-refractivity contribution in [2.45, 2.75) is 84.3 Å². The minimum absolute atomic E-state index is 0.0967. The number of H-pyrrole nitrogens is 1. The molecule has 0 spiro atoms. The molecule has 0 saturated carbocycles. The Balaban J connectivity index is 1.69. The second-order valence-corrected chi connectivity index (χ2v) is 7.09. The average molecular weight is 352 g/mol. The maximum absolute atomic E-state index is 9.42. The molecular formula is C20H32ClN2O+. The van der Waals surface area contributed by atoms with Gasteiger partial charge < -0.3 is 5.11 Å². The summed E-state index contributed by atoms with van der Waals surface area (Å²) in [7, 11) is 0. The predicted octanol–water partition coefficient (Wildman–Crippen LogP) is 5.52. The van der Waals surface area contributed by atoms with E-state index in [2.05, 4.69) is 18.0 Å². The largest absolute Gasteiger partial charge is 0.357 e. The topological polar surface area (TPSA) is 39.9 Å². The maximum Gasteiger partial charge on any atom is 0.355 e. The third-order valence-electron chi connectivity index (χ3n) is 4.83. The SMILES string of the molecule is CCCCCCCCCCCCc1cccc2c1[nH]c(Cl)[n+]2CO. The summed E-state index contributed by atoms with van der Waals surface area (Å²) in [5, 5.41) is 9.91. The highest BCUT2D eigenvalue weighted by molar-refractivity contribution is 6.27. The maximum atomic E-state index is 9.42. The molecule has 0 aliphatic carbocycles. The van der Waals surface area contributed by atoms with Crippen molar-refractivity contribution in [1.82, 2.24) is 4.98 Å². The van der Waals surface area contributed by atoms with Crippen LogP contribution in [0, 0.1) is 0 Å². The van der Waals surface area contributed by atoms with Crippen LogP contribution in [-0.2, 0) is 13.2 Å². The van der Waals surface area contributed by atoms with Gasteiger partial charge in [-0.2, -0.15) is 4.57 Å². The molecule has 1 aromatic carbocycles. The Kier molecular flexibility index (Phi) is 8.62. The fraction of sp³-hybridized carbons (Fsp3) is 0.650. The smallest absolute Gasteiger partial charge is 0.355 e. The average Bonchev–Trinajstić information content (AvgIpc) is 2.92. The number of aryl methyl sites for hydroxylation is 1. The van der Waals surface area contributed by atoms with Crippen molar-refractivity contribution in [3.63, 3.8) is 0 Å². The van der Waals surface area contributed by atoms with Crippen LogP contribution in [-0.4, -0.2) is 10.1 Å². The molecule has 0 aliphatic heterocycles. The Morgan fingerprint density at radius 1 is 0.958 bits per heavy atom. The number of hydrogen-bond acceptors (Lipinski definition) is 1. The number of aromatic nitrogens is 2. The summed E-state index contributed by atoms with van der Waals surface area (Å²) in [5.41, 5.74) is 3.33. The van der Waals surface area contributed by atoms with Crippen molar-refractivity contribution < 1.29 is 9.67 Å². The first-order valence-electron chi connectivity index (χ1n) is 9.57. The van der Waals surface area contributed by atoms with E-state index in [0.717, 1.165) is 17.5 Å². The predicted molar refractivity (Wildman–Crippen MR) is 101 cm³/mol. The molecule has 0 bridgehead atoms. The van der Waals surface area contributed by atoms with Crippen LogP contribution >= 0.6 is 11.6 Å². The van der Waals surface area contributed by atoms with Gasteiger partial charge in [0.15, 0.2) is 17.8 Å². The minimum Gasteiger partial charge on any atom is -0.357 e. The van der Waals surface area contributed by atoms with Gasteiger partial charge in [-0.3, -0.25) is 0 Å². The lowest BCUT2D eigenvalue weighted by Gasteiger charge is -2.03. The van der Waals surface area contributed by atoms with Gasteiger partial charge in [0.25, 0.3) is 0 Å². The van der Waals surface area contributed by atoms with Gasteiger partial charge >= 0.3 is 5.28 Å². The number of fused-ring (bicyclic) bond motifs is 1. The molecule has 0 atom stereocenters. The first kappa shape index (κ1) is 19.3. The fourth-order valence-corrected chi connectivity index (χ4v) is 3.62. The number of halogens is 1. The lowest BCUT2D eigenvalue weighted by Crippen LogP contribution is -2.33. The van der Waals surface area contributed by atoms with E-state index in [-0.39, 0.29) is 6.73 Å². The van der Waals surface area contributed by atoms with Crippen LogP contribution in [0.5, 0.6) is 0 Å². The summed E-state index contributed by atoms with van der Waals surface area (Å²) >= 11 is 6.15. The van der Waals surface area contributed by atoms with Gasteiger partial charge in [0.1, 0.15) is 0 Å². The molecule has 3 nitrogen and oxygen atoms in total. The van der Waals surface area contributed by atoms with Gasteiger partial charge in [-0.05, 0) is 18.9 Å². The van der Waals surface area contributed by atoms with Gasteiger partial charge in [-0.25, -0.2) is 4.98 Å². The summed E-state index contributed by atoms with van der Waals surface area (Å²) in [6.07, 6.45) is 14.6. The molecule has 0 amide bonds. The second kappa shape index (κ2) is 10.7. The van der Waals surface area contributed by atoms with Crippen molar-refractivity contribution in [1.29, 1.82) is 0 Å². The molecule has 0 radical (unpaired) electrons. The van der Waals surface area contributed by atoms with Gasteiger partial charge in [-0.15, -0.1) is 0 Å². The molecule has 2 aromatic rings. The monoisotopic (exact) mass is 351 g/mol. The molecular weight excluding hydrogens is 320 g/mol. The van der Waals surface area contributed by atoms with E-state index in [9.17, 15) is 5.11 Å². The Hall–Kier alpha value is -1.06. The van der Waals surface area contributed by atoms with Crippen LogP contribution in [0.2, 0.25) is 5.28 Å². The van der Waals surface area contributed by atoms with Gasteiger partial charge in [0.2, 0.25) is 0 Å². The number of imidazole rings is 1. The highest BCUT2D eigenvalue weighted by atomic mass is 35.5. The summed E-state index contributed by atoms with van der Waals surface area (Å²) in [5.74, 6) is 0. The molecule has 0 aliphatic rings. The molecule has 0 saturated heterocycles. The molecule has 2 rings (SSSR count). The number of para-hydroxylation sites is 1. The highest BCUT2D eigenvalue weighted by Crippen LogP contribution is 2.20. The van der Waals surface area contributed by atoms with E-state index < -0.39 is 0 Å². The molecule has 4 heteroatoms. The van der Waals surface area contributed by atoms with Crippen LogP contribution < -0.4 is 4.57 Å². The number of aliphatic hydroxyl groups excluding tert-OH is 1. The van der Waals surface area contributed by atoms with Crippen LogP contribution in [0.15, 0.2) is 18.2 Å². The van der Waals surface area contributed by atoms with Crippen molar-refractivity contribution in [3.8, 4) is 0 Å². The number of nitrogens with zero attached hydrogens (tertiary/aromatic N) is 1. The normalized spacial score (nSPS) is 11.5. The Morgan fingerprint density at radius 2 is 1.58 bits per heavy atom. The quantitative estimate of drug-likeness (QED) is 0.383.